The molecule has 8 nitrogen and oxygen atoms in total. The zero-order chi connectivity index (χ0) is 17.9. The number of halogens is 2. The van der Waals surface area contributed by atoms with Crippen LogP contribution in [0.1, 0.15) is 26.0 Å². The van der Waals surface area contributed by atoms with Crippen molar-refractivity contribution >= 4 is 45.5 Å². The maximum Gasteiger partial charge on any atom is 0.224 e. The number of nitrogens with zero attached hydrogens (tertiary/aromatic N) is 5. The van der Waals surface area contributed by atoms with Gasteiger partial charge in [-0.1, -0.05) is 22.6 Å². The minimum absolute atomic E-state index is 0.0984. The first kappa shape index (κ1) is 17.2. The number of aliphatic hydroxyl groups excluding tert-OH is 1. The normalized spacial score (nSPS) is 32.4. The summed E-state index contributed by atoms with van der Waals surface area (Å²) in [7, 11) is 1.94. The Labute approximate surface area is 157 Å². The lowest BCUT2D eigenvalue weighted by Gasteiger charge is -2.25. The molecule has 0 unspecified atom stereocenters. The van der Waals surface area contributed by atoms with E-state index in [9.17, 15) is 5.11 Å². The van der Waals surface area contributed by atoms with Crippen molar-refractivity contribution < 1.29 is 14.2 Å². The molecule has 2 fully saturated rings. The molecule has 2 aromatic rings. The topological polar surface area (TPSA) is 102 Å². The van der Waals surface area contributed by atoms with Gasteiger partial charge in [-0.05, 0) is 19.8 Å². The first-order valence-electron chi connectivity index (χ1n) is 8.16. The Morgan fingerprint density at radius 3 is 2.84 bits per heavy atom. The zero-order valence-corrected chi connectivity index (χ0v) is 16.1. The summed E-state index contributed by atoms with van der Waals surface area (Å²) in [6.45, 7) is 1.34. The van der Waals surface area contributed by atoms with Crippen LogP contribution < -0.4 is 10.6 Å². The fourth-order valence-electron chi connectivity index (χ4n) is 3.31. The van der Waals surface area contributed by atoms with Crippen molar-refractivity contribution in [3.63, 3.8) is 0 Å². The van der Waals surface area contributed by atoms with Crippen LogP contribution in [0.25, 0.3) is 11.2 Å². The van der Waals surface area contributed by atoms with Gasteiger partial charge >= 0.3 is 0 Å². The minimum Gasteiger partial charge on any atom is -0.387 e. The van der Waals surface area contributed by atoms with Gasteiger partial charge in [0.2, 0.25) is 5.95 Å². The van der Waals surface area contributed by atoms with Gasteiger partial charge in [-0.2, -0.15) is 9.97 Å². The number of ether oxygens (including phenoxy) is 1. The van der Waals surface area contributed by atoms with E-state index in [0.717, 1.165) is 12.8 Å². The molecule has 1 saturated carbocycles. The number of alkyl halides is 2. The first-order valence-corrected chi connectivity index (χ1v) is 9.68. The van der Waals surface area contributed by atoms with Crippen molar-refractivity contribution in [1.29, 1.82) is 0 Å². The SMILES string of the molecule is CN(c1nc(N)nc2c1ncn2[C@@H]1O[C@H](CI)[C@@H](O)[C@@]1(C)F)C1CC1. The van der Waals surface area contributed by atoms with Crippen molar-refractivity contribution in [2.75, 3.05) is 22.1 Å². The van der Waals surface area contributed by atoms with Crippen molar-refractivity contribution in [1.82, 2.24) is 19.5 Å². The van der Waals surface area contributed by atoms with E-state index in [2.05, 4.69) is 37.5 Å². The van der Waals surface area contributed by atoms with Crippen LogP contribution in [-0.2, 0) is 4.74 Å². The van der Waals surface area contributed by atoms with E-state index in [1.54, 1.807) is 0 Å². The van der Waals surface area contributed by atoms with Gasteiger partial charge in [0.15, 0.2) is 28.9 Å². The smallest absolute Gasteiger partial charge is 0.224 e. The van der Waals surface area contributed by atoms with E-state index in [0.29, 0.717) is 27.5 Å². The molecule has 0 bridgehead atoms. The molecule has 1 aliphatic carbocycles. The number of aliphatic hydroxyl groups is 1. The molecular weight excluding hydrogens is 442 g/mol. The van der Waals surface area contributed by atoms with E-state index < -0.39 is 24.1 Å². The molecule has 1 saturated heterocycles. The fourth-order valence-corrected chi connectivity index (χ4v) is 4.00. The quantitative estimate of drug-likeness (QED) is 0.524. The predicted molar refractivity (Wildman–Crippen MR) is 99.5 cm³/mol. The van der Waals surface area contributed by atoms with Gasteiger partial charge in [0.05, 0.1) is 12.4 Å². The Hall–Kier alpha value is -1.27. The molecular formula is C15H20FIN6O2. The molecule has 2 aromatic heterocycles. The van der Waals surface area contributed by atoms with E-state index >= 15 is 4.39 Å². The van der Waals surface area contributed by atoms with Gasteiger partial charge in [0.25, 0.3) is 0 Å². The number of hydrogen-bond acceptors (Lipinski definition) is 7. The van der Waals surface area contributed by atoms with Gasteiger partial charge in [-0.15, -0.1) is 0 Å². The molecule has 0 radical (unpaired) electrons. The number of fused-ring (bicyclic) bond motifs is 1. The highest BCUT2D eigenvalue weighted by Crippen LogP contribution is 2.43. The molecule has 10 heteroatoms. The standard InChI is InChI=1S/C15H20FIN6O2/c1-15(16)10(24)8(5-17)25-13(15)23-6-19-9-11(22(2)7-3-4-7)20-14(18)21-12(9)23/h6-8,10,13,24H,3-5H2,1-2H3,(H2,18,20,21)/t8-,10-,13-,15-/m1/s1. The molecule has 4 rings (SSSR count). The number of nitrogen functional groups attached to an aromatic ring is 1. The van der Waals surface area contributed by atoms with Gasteiger partial charge in [-0.3, -0.25) is 4.57 Å². The maximum absolute atomic E-state index is 15.2. The lowest BCUT2D eigenvalue weighted by atomic mass is 9.99. The van der Waals surface area contributed by atoms with Crippen LogP contribution in [0, 0.1) is 0 Å². The summed E-state index contributed by atoms with van der Waals surface area (Å²) >= 11 is 2.07. The number of imidazole rings is 1. The number of aromatic nitrogens is 4. The van der Waals surface area contributed by atoms with Gasteiger partial charge < -0.3 is 20.5 Å². The molecule has 0 aromatic carbocycles. The number of nitrogens with two attached hydrogens (primary N) is 1. The lowest BCUT2D eigenvalue weighted by Crippen LogP contribution is -2.40. The molecule has 4 atom stereocenters. The van der Waals surface area contributed by atoms with E-state index in [4.69, 9.17) is 10.5 Å². The number of rotatable bonds is 4. The minimum atomic E-state index is -1.97. The highest BCUT2D eigenvalue weighted by molar-refractivity contribution is 14.1. The molecule has 1 aliphatic heterocycles. The molecule has 3 heterocycles. The molecule has 3 N–H and O–H groups in total. The van der Waals surface area contributed by atoms with Crippen LogP contribution in [0.3, 0.4) is 0 Å². The summed E-state index contributed by atoms with van der Waals surface area (Å²) in [6, 6.07) is 0.419. The van der Waals surface area contributed by atoms with E-state index in [1.807, 2.05) is 11.9 Å². The van der Waals surface area contributed by atoms with E-state index in [-0.39, 0.29) is 5.95 Å². The first-order chi connectivity index (χ1) is 11.8. The monoisotopic (exact) mass is 462 g/mol. The Balaban J connectivity index is 1.81. The molecule has 25 heavy (non-hydrogen) atoms. The summed E-state index contributed by atoms with van der Waals surface area (Å²) in [6.07, 6.45) is 0.834. The number of hydrogen-bond donors (Lipinski definition) is 2. The Morgan fingerprint density at radius 1 is 1.52 bits per heavy atom. The Morgan fingerprint density at radius 2 is 2.24 bits per heavy atom. The van der Waals surface area contributed by atoms with Gasteiger partial charge in [-0.25, -0.2) is 9.37 Å². The molecule has 0 spiro atoms. The second-order valence-electron chi connectivity index (χ2n) is 6.85. The zero-order valence-electron chi connectivity index (χ0n) is 13.9. The van der Waals surface area contributed by atoms with Crippen molar-refractivity contribution in [3.8, 4) is 0 Å². The average molecular weight is 462 g/mol. The summed E-state index contributed by atoms with van der Waals surface area (Å²) in [5.41, 5.74) is 4.88. The predicted octanol–water partition coefficient (Wildman–Crippen LogP) is 1.43. The van der Waals surface area contributed by atoms with Crippen LogP contribution >= 0.6 is 22.6 Å². The lowest BCUT2D eigenvalue weighted by molar-refractivity contribution is -0.0413. The molecule has 136 valence electrons. The number of anilines is 2. The highest BCUT2D eigenvalue weighted by atomic mass is 127. The summed E-state index contributed by atoms with van der Waals surface area (Å²) in [4.78, 5) is 15.0. The largest absolute Gasteiger partial charge is 0.387 e. The Kier molecular flexibility index (Phi) is 4.03. The summed E-state index contributed by atoms with van der Waals surface area (Å²) in [5.74, 6) is 0.731. The van der Waals surface area contributed by atoms with E-state index in [1.165, 1.54) is 17.8 Å². The maximum atomic E-state index is 15.2. The summed E-state index contributed by atoms with van der Waals surface area (Å²) in [5, 5.41) is 10.2. The highest BCUT2D eigenvalue weighted by Gasteiger charge is 2.55. The third-order valence-corrected chi connectivity index (χ3v) is 5.84. The van der Waals surface area contributed by atoms with Crippen molar-refractivity contribution in [2.24, 2.45) is 0 Å². The van der Waals surface area contributed by atoms with Crippen molar-refractivity contribution in [3.05, 3.63) is 6.33 Å². The van der Waals surface area contributed by atoms with Crippen LogP contribution in [0.15, 0.2) is 6.33 Å². The summed E-state index contributed by atoms with van der Waals surface area (Å²) < 4.78 is 22.9. The Bertz CT molecular complexity index is 811. The third-order valence-electron chi connectivity index (χ3n) is 4.97. The van der Waals surface area contributed by atoms with Crippen LogP contribution in [-0.4, -0.2) is 60.0 Å². The second kappa shape index (κ2) is 5.88. The van der Waals surface area contributed by atoms with Crippen LogP contribution in [0.2, 0.25) is 0 Å². The second-order valence-corrected chi connectivity index (χ2v) is 7.73. The molecule has 2 aliphatic rings. The van der Waals surface area contributed by atoms with Gasteiger partial charge in [0.1, 0.15) is 6.10 Å². The van der Waals surface area contributed by atoms with Crippen LogP contribution in [0.4, 0.5) is 16.2 Å². The van der Waals surface area contributed by atoms with Crippen LogP contribution in [0.5, 0.6) is 0 Å². The average Bonchev–Trinajstić information content (AvgIpc) is 3.30. The van der Waals surface area contributed by atoms with Crippen molar-refractivity contribution in [2.45, 2.75) is 49.9 Å². The molecule has 0 amide bonds. The fraction of sp³-hybridized carbons (Fsp3) is 0.667. The third kappa shape index (κ3) is 2.65. The van der Waals surface area contributed by atoms with Gasteiger partial charge in [0, 0.05) is 17.5 Å².